The van der Waals surface area contributed by atoms with Crippen LogP contribution in [-0.2, 0) is 9.47 Å². The maximum absolute atomic E-state index is 9.37. The Labute approximate surface area is 264 Å². The topological polar surface area (TPSA) is 38.7 Å². The molecule has 0 radical (unpaired) electrons. The first-order chi connectivity index (χ1) is 19.8. The van der Waals surface area contributed by atoms with E-state index in [0.29, 0.717) is 13.0 Å². The van der Waals surface area contributed by atoms with Crippen LogP contribution in [0.3, 0.4) is 0 Å². The van der Waals surface area contributed by atoms with Gasteiger partial charge >= 0.3 is 0 Å². The molecule has 1 aliphatic heterocycles. The minimum atomic E-state index is -0.385. The van der Waals surface area contributed by atoms with Crippen molar-refractivity contribution in [3.63, 3.8) is 0 Å². The molecule has 0 spiro atoms. The lowest BCUT2D eigenvalue weighted by molar-refractivity contribution is -0.180. The molecule has 1 rings (SSSR count). The summed E-state index contributed by atoms with van der Waals surface area (Å²) < 4.78 is 12.7. The summed E-state index contributed by atoms with van der Waals surface area (Å²) in [5.74, 6) is -0.385. The minimum Gasteiger partial charge on any atom is -0.396 e. The first kappa shape index (κ1) is 40.7. The molecule has 0 aliphatic carbocycles. The first-order valence-corrected chi connectivity index (χ1v) is 18.0. The molecular formula is C37H72O3S. The number of hydrogen-bond acceptors (Lipinski definition) is 3. The number of ether oxygens (including phenoxy) is 2. The van der Waals surface area contributed by atoms with Gasteiger partial charge < -0.3 is 14.6 Å². The first-order valence-electron chi connectivity index (χ1n) is 18.0. The number of unbranched alkanes of at least 4 members (excludes halogenated alkanes) is 20. The standard InChI is InChI=1S/C37H70O3.H2S/c1-3-5-7-9-11-13-15-17-19-21-23-25-27-29-32-37(39-35-36(40-37)31-34-38)33-30-28-26-24-22-20-18-16-14-12-10-8-6-4-2;/h13-16,36,38H,3-12,17-35H2,1-2H3;1H2/b15-13-,16-14-;/t36-;/m0./s1. The van der Waals surface area contributed by atoms with E-state index >= 15 is 0 Å². The molecule has 1 fully saturated rings. The van der Waals surface area contributed by atoms with Gasteiger partial charge in [0.25, 0.3) is 0 Å². The quantitative estimate of drug-likeness (QED) is 0.0662. The maximum atomic E-state index is 9.37. The number of aliphatic hydroxyl groups is 1. The van der Waals surface area contributed by atoms with Crippen LogP contribution in [0, 0.1) is 0 Å². The lowest BCUT2D eigenvalue weighted by Gasteiger charge is -2.28. The summed E-state index contributed by atoms with van der Waals surface area (Å²) in [5, 5.41) is 9.37. The summed E-state index contributed by atoms with van der Waals surface area (Å²) in [6, 6.07) is 0. The van der Waals surface area contributed by atoms with Crippen molar-refractivity contribution in [1.29, 1.82) is 0 Å². The zero-order valence-electron chi connectivity index (χ0n) is 27.7. The van der Waals surface area contributed by atoms with Gasteiger partial charge in [0, 0.05) is 19.4 Å². The zero-order chi connectivity index (χ0) is 28.8. The van der Waals surface area contributed by atoms with E-state index < -0.39 is 0 Å². The molecule has 0 unspecified atom stereocenters. The Morgan fingerprint density at radius 2 is 0.927 bits per heavy atom. The second kappa shape index (κ2) is 31.1. The molecule has 1 aliphatic rings. The predicted octanol–water partition coefficient (Wildman–Crippen LogP) is 11.9. The summed E-state index contributed by atoms with van der Waals surface area (Å²) >= 11 is 0. The lowest BCUT2D eigenvalue weighted by Crippen LogP contribution is -2.31. The van der Waals surface area contributed by atoms with Crippen LogP contribution in [0.1, 0.15) is 187 Å². The highest BCUT2D eigenvalue weighted by Gasteiger charge is 2.40. The highest BCUT2D eigenvalue weighted by atomic mass is 32.1. The summed E-state index contributed by atoms with van der Waals surface area (Å²) in [7, 11) is 0. The number of hydrogen-bond donors (Lipinski definition) is 1. The van der Waals surface area contributed by atoms with Crippen molar-refractivity contribution < 1.29 is 14.6 Å². The Hall–Kier alpha value is -0.290. The SMILES string of the molecule is CCCCCC/C=C\CCCCCCCCC1(CCCCCCCC/C=C\CCCCCC)OC[C@H](CCO)O1.S. The predicted molar refractivity (Wildman–Crippen MR) is 185 cm³/mol. The Bertz CT molecular complexity index is 539. The van der Waals surface area contributed by atoms with Crippen molar-refractivity contribution in [3.05, 3.63) is 24.3 Å². The molecule has 3 nitrogen and oxygen atoms in total. The van der Waals surface area contributed by atoms with E-state index in [9.17, 15) is 5.11 Å². The molecule has 4 heteroatoms. The molecule has 0 bridgehead atoms. The van der Waals surface area contributed by atoms with Crippen LogP contribution in [0.25, 0.3) is 0 Å². The van der Waals surface area contributed by atoms with Crippen molar-refractivity contribution in [2.75, 3.05) is 13.2 Å². The van der Waals surface area contributed by atoms with E-state index in [4.69, 9.17) is 9.47 Å². The van der Waals surface area contributed by atoms with Gasteiger partial charge in [-0.05, 0) is 70.6 Å². The summed E-state index contributed by atoms with van der Waals surface area (Å²) in [6.07, 6.45) is 44.0. The highest BCUT2D eigenvalue weighted by Crippen LogP contribution is 2.35. The molecule has 244 valence electrons. The Morgan fingerprint density at radius 1 is 0.561 bits per heavy atom. The molecule has 1 heterocycles. The van der Waals surface area contributed by atoms with Crippen molar-refractivity contribution in [3.8, 4) is 0 Å². The van der Waals surface area contributed by atoms with Crippen molar-refractivity contribution in [1.82, 2.24) is 0 Å². The van der Waals surface area contributed by atoms with Crippen LogP contribution in [0.2, 0.25) is 0 Å². The van der Waals surface area contributed by atoms with Crippen LogP contribution >= 0.6 is 13.5 Å². The fourth-order valence-electron chi connectivity index (χ4n) is 5.87. The van der Waals surface area contributed by atoms with E-state index in [2.05, 4.69) is 38.2 Å². The van der Waals surface area contributed by atoms with Crippen LogP contribution in [0.4, 0.5) is 0 Å². The highest BCUT2D eigenvalue weighted by molar-refractivity contribution is 7.59. The molecule has 0 aromatic rings. The smallest absolute Gasteiger partial charge is 0.168 e. The zero-order valence-corrected chi connectivity index (χ0v) is 28.7. The number of rotatable bonds is 30. The van der Waals surface area contributed by atoms with Gasteiger partial charge in [-0.15, -0.1) is 0 Å². The normalized spacial score (nSPS) is 16.7. The fraction of sp³-hybridized carbons (Fsp3) is 0.892. The molecule has 0 amide bonds. The summed E-state index contributed by atoms with van der Waals surface area (Å²) in [4.78, 5) is 0. The Balaban J connectivity index is 0.0000160. The fourth-order valence-corrected chi connectivity index (χ4v) is 5.87. The molecule has 0 saturated carbocycles. The lowest BCUT2D eigenvalue weighted by atomic mass is 9.98. The van der Waals surface area contributed by atoms with E-state index in [1.54, 1.807) is 0 Å². The monoisotopic (exact) mass is 597 g/mol. The number of aliphatic hydroxyl groups excluding tert-OH is 1. The van der Waals surface area contributed by atoms with Crippen LogP contribution < -0.4 is 0 Å². The third-order valence-corrected chi connectivity index (χ3v) is 8.50. The van der Waals surface area contributed by atoms with Gasteiger partial charge in [-0.2, -0.15) is 13.5 Å². The van der Waals surface area contributed by atoms with E-state index in [1.165, 1.54) is 154 Å². The molecule has 41 heavy (non-hydrogen) atoms. The minimum absolute atomic E-state index is 0. The van der Waals surface area contributed by atoms with Gasteiger partial charge in [-0.25, -0.2) is 0 Å². The van der Waals surface area contributed by atoms with Gasteiger partial charge in [0.05, 0.1) is 12.7 Å². The molecule has 0 aromatic carbocycles. The third-order valence-electron chi connectivity index (χ3n) is 8.50. The number of allylic oxidation sites excluding steroid dienone is 4. The molecule has 0 aromatic heterocycles. The van der Waals surface area contributed by atoms with Crippen molar-refractivity contribution in [2.24, 2.45) is 0 Å². The van der Waals surface area contributed by atoms with Gasteiger partial charge in [0.15, 0.2) is 5.79 Å². The largest absolute Gasteiger partial charge is 0.396 e. The average Bonchev–Trinajstić information content (AvgIpc) is 3.36. The maximum Gasteiger partial charge on any atom is 0.168 e. The summed E-state index contributed by atoms with van der Waals surface area (Å²) in [6.45, 7) is 5.39. The Kier molecular flexibility index (Phi) is 30.9. The second-order valence-electron chi connectivity index (χ2n) is 12.4. The second-order valence-corrected chi connectivity index (χ2v) is 12.4. The van der Waals surface area contributed by atoms with E-state index in [1.807, 2.05) is 0 Å². The Morgan fingerprint density at radius 3 is 1.32 bits per heavy atom. The van der Waals surface area contributed by atoms with Crippen LogP contribution in [0.5, 0.6) is 0 Å². The molecule has 1 N–H and O–H groups in total. The summed E-state index contributed by atoms with van der Waals surface area (Å²) in [5.41, 5.74) is 0. The molecular weight excluding hydrogens is 524 g/mol. The van der Waals surface area contributed by atoms with Crippen LogP contribution in [-0.4, -0.2) is 30.2 Å². The van der Waals surface area contributed by atoms with Gasteiger partial charge in [-0.3, -0.25) is 0 Å². The van der Waals surface area contributed by atoms with Crippen molar-refractivity contribution in [2.45, 2.75) is 199 Å². The van der Waals surface area contributed by atoms with Crippen molar-refractivity contribution >= 4 is 13.5 Å². The van der Waals surface area contributed by atoms with Gasteiger partial charge in [0.1, 0.15) is 0 Å². The molecule has 1 atom stereocenters. The molecule has 1 saturated heterocycles. The van der Waals surface area contributed by atoms with Gasteiger partial charge in [-0.1, -0.05) is 128 Å². The third kappa shape index (κ3) is 24.8. The van der Waals surface area contributed by atoms with Gasteiger partial charge in [0.2, 0.25) is 0 Å². The van der Waals surface area contributed by atoms with E-state index in [0.717, 1.165) is 12.8 Å². The average molecular weight is 597 g/mol. The van der Waals surface area contributed by atoms with Crippen LogP contribution in [0.15, 0.2) is 24.3 Å². The van der Waals surface area contributed by atoms with E-state index in [-0.39, 0.29) is 32.0 Å².